The molecule has 0 bridgehead atoms. The molecule has 1 unspecified atom stereocenters. The molecule has 0 aliphatic carbocycles. The molecule has 0 amide bonds. The zero-order chi connectivity index (χ0) is 13.8. The molecular weight excluding hydrogens is 230 g/mol. The van der Waals surface area contributed by atoms with Crippen LogP contribution in [0.25, 0.3) is 0 Å². The average Bonchev–Trinajstić information content (AvgIpc) is 2.45. The molecule has 0 aliphatic rings. The molecule has 0 saturated heterocycles. The quantitative estimate of drug-likeness (QED) is 0.555. The fraction of sp³-hybridized carbons (Fsp3) is 0.667. The Bertz CT molecular complexity index is 294. The van der Waals surface area contributed by atoms with E-state index >= 15 is 0 Å². The standard InChI is InChI=1S/C18H31N/c1-3-4-5-6-7-11-16-19-17(2)14-15-18-12-9-8-10-13-18/h8-10,12-13,17,19H,3-7,11,14-16H2,1-2H3. The molecule has 0 saturated carbocycles. The third-order valence-electron chi connectivity index (χ3n) is 3.73. The number of hydrogen-bond donors (Lipinski definition) is 1. The summed E-state index contributed by atoms with van der Waals surface area (Å²) in [5, 5.41) is 3.64. The first-order valence-corrected chi connectivity index (χ1v) is 8.10. The second-order valence-electron chi connectivity index (χ2n) is 5.65. The number of aryl methyl sites for hydroxylation is 1. The third kappa shape index (κ3) is 8.83. The predicted molar refractivity (Wildman–Crippen MR) is 85.6 cm³/mol. The van der Waals surface area contributed by atoms with E-state index in [-0.39, 0.29) is 0 Å². The van der Waals surface area contributed by atoms with Crippen molar-refractivity contribution in [2.75, 3.05) is 6.54 Å². The molecule has 0 radical (unpaired) electrons. The van der Waals surface area contributed by atoms with E-state index < -0.39 is 0 Å². The number of nitrogens with one attached hydrogen (secondary N) is 1. The van der Waals surface area contributed by atoms with Crippen molar-refractivity contribution in [1.82, 2.24) is 5.32 Å². The van der Waals surface area contributed by atoms with Crippen molar-refractivity contribution in [3.05, 3.63) is 35.9 Å². The van der Waals surface area contributed by atoms with Crippen LogP contribution in [-0.4, -0.2) is 12.6 Å². The Morgan fingerprint density at radius 3 is 2.37 bits per heavy atom. The predicted octanol–water partition coefficient (Wildman–Crippen LogP) is 4.96. The maximum absolute atomic E-state index is 3.64. The Hall–Kier alpha value is -0.820. The molecule has 1 N–H and O–H groups in total. The molecule has 108 valence electrons. The minimum Gasteiger partial charge on any atom is -0.314 e. The number of rotatable bonds is 11. The van der Waals surface area contributed by atoms with Crippen LogP contribution in [0.15, 0.2) is 30.3 Å². The molecule has 1 nitrogen and oxygen atoms in total. The lowest BCUT2D eigenvalue weighted by Crippen LogP contribution is -2.27. The minimum atomic E-state index is 0.635. The molecule has 19 heavy (non-hydrogen) atoms. The van der Waals surface area contributed by atoms with Crippen LogP contribution in [0.2, 0.25) is 0 Å². The van der Waals surface area contributed by atoms with Gasteiger partial charge in [0.2, 0.25) is 0 Å². The smallest absolute Gasteiger partial charge is 0.00418 e. The van der Waals surface area contributed by atoms with Gasteiger partial charge in [0.15, 0.2) is 0 Å². The van der Waals surface area contributed by atoms with E-state index in [1.165, 1.54) is 63.5 Å². The monoisotopic (exact) mass is 261 g/mol. The van der Waals surface area contributed by atoms with Crippen molar-refractivity contribution >= 4 is 0 Å². The first kappa shape index (κ1) is 16.2. The SMILES string of the molecule is CCCCCCCCNC(C)CCc1ccccc1. The Balaban J connectivity index is 1.95. The van der Waals surface area contributed by atoms with Crippen LogP contribution < -0.4 is 5.32 Å². The zero-order valence-electron chi connectivity index (χ0n) is 12.8. The van der Waals surface area contributed by atoms with Crippen LogP contribution in [0, 0.1) is 0 Å². The van der Waals surface area contributed by atoms with Gasteiger partial charge in [-0.1, -0.05) is 69.4 Å². The highest BCUT2D eigenvalue weighted by Gasteiger charge is 2.01. The summed E-state index contributed by atoms with van der Waals surface area (Å²) in [4.78, 5) is 0. The van der Waals surface area contributed by atoms with Crippen LogP contribution in [0.4, 0.5) is 0 Å². The van der Waals surface area contributed by atoms with Crippen LogP contribution >= 0.6 is 0 Å². The second-order valence-corrected chi connectivity index (χ2v) is 5.65. The first-order valence-electron chi connectivity index (χ1n) is 8.10. The molecule has 1 rings (SSSR count). The summed E-state index contributed by atoms with van der Waals surface area (Å²) in [7, 11) is 0. The highest BCUT2D eigenvalue weighted by atomic mass is 14.9. The van der Waals surface area contributed by atoms with Crippen molar-refractivity contribution in [3.8, 4) is 0 Å². The summed E-state index contributed by atoms with van der Waals surface area (Å²) in [6, 6.07) is 11.4. The molecule has 0 fully saturated rings. The van der Waals surface area contributed by atoms with Gasteiger partial charge in [-0.3, -0.25) is 0 Å². The van der Waals surface area contributed by atoms with Crippen LogP contribution in [0.3, 0.4) is 0 Å². The topological polar surface area (TPSA) is 12.0 Å². The fourth-order valence-electron chi connectivity index (χ4n) is 2.38. The summed E-state index contributed by atoms with van der Waals surface area (Å²) in [6.07, 6.45) is 10.7. The maximum Gasteiger partial charge on any atom is 0.00418 e. The van der Waals surface area contributed by atoms with Gasteiger partial charge >= 0.3 is 0 Å². The molecule has 0 heterocycles. The highest BCUT2D eigenvalue weighted by molar-refractivity contribution is 5.14. The molecule has 1 heteroatoms. The van der Waals surface area contributed by atoms with Crippen LogP contribution in [-0.2, 0) is 6.42 Å². The number of unbranched alkanes of at least 4 members (excludes halogenated alkanes) is 5. The maximum atomic E-state index is 3.64. The molecule has 0 aromatic heterocycles. The largest absolute Gasteiger partial charge is 0.314 e. The van der Waals surface area contributed by atoms with Gasteiger partial charge in [0.1, 0.15) is 0 Å². The highest BCUT2D eigenvalue weighted by Crippen LogP contribution is 2.06. The van der Waals surface area contributed by atoms with E-state index in [1.807, 2.05) is 0 Å². The van der Waals surface area contributed by atoms with E-state index in [0.29, 0.717) is 6.04 Å². The van der Waals surface area contributed by atoms with E-state index in [2.05, 4.69) is 49.5 Å². The van der Waals surface area contributed by atoms with Crippen molar-refractivity contribution in [3.63, 3.8) is 0 Å². The average molecular weight is 261 g/mol. The van der Waals surface area contributed by atoms with Gasteiger partial charge in [-0.15, -0.1) is 0 Å². The lowest BCUT2D eigenvalue weighted by molar-refractivity contribution is 0.491. The zero-order valence-corrected chi connectivity index (χ0v) is 12.8. The summed E-state index contributed by atoms with van der Waals surface area (Å²) in [6.45, 7) is 5.76. The first-order chi connectivity index (χ1) is 9.33. The summed E-state index contributed by atoms with van der Waals surface area (Å²) in [5.41, 5.74) is 1.45. The Kier molecular flexibility index (Phi) is 9.44. The van der Waals surface area contributed by atoms with Crippen molar-refractivity contribution in [1.29, 1.82) is 0 Å². The fourth-order valence-corrected chi connectivity index (χ4v) is 2.38. The van der Waals surface area contributed by atoms with Crippen molar-refractivity contribution in [2.24, 2.45) is 0 Å². The van der Waals surface area contributed by atoms with Gasteiger partial charge in [-0.2, -0.15) is 0 Å². The molecule has 0 aliphatic heterocycles. The minimum absolute atomic E-state index is 0.635. The third-order valence-corrected chi connectivity index (χ3v) is 3.73. The molecular formula is C18H31N. The van der Waals surface area contributed by atoms with Gasteiger partial charge in [0.05, 0.1) is 0 Å². The van der Waals surface area contributed by atoms with Crippen molar-refractivity contribution < 1.29 is 0 Å². The van der Waals surface area contributed by atoms with Gasteiger partial charge in [0, 0.05) is 6.04 Å². The molecule has 1 aromatic carbocycles. The van der Waals surface area contributed by atoms with E-state index in [9.17, 15) is 0 Å². The van der Waals surface area contributed by atoms with Gasteiger partial charge in [-0.25, -0.2) is 0 Å². The van der Waals surface area contributed by atoms with E-state index in [4.69, 9.17) is 0 Å². The summed E-state index contributed by atoms with van der Waals surface area (Å²) in [5.74, 6) is 0. The van der Waals surface area contributed by atoms with Gasteiger partial charge < -0.3 is 5.32 Å². The van der Waals surface area contributed by atoms with Gasteiger partial charge in [-0.05, 0) is 38.3 Å². The van der Waals surface area contributed by atoms with E-state index in [1.54, 1.807) is 0 Å². The second kappa shape index (κ2) is 11.0. The lowest BCUT2D eigenvalue weighted by Gasteiger charge is -2.13. The van der Waals surface area contributed by atoms with Crippen molar-refractivity contribution in [2.45, 2.75) is 71.3 Å². The summed E-state index contributed by atoms with van der Waals surface area (Å²) >= 11 is 0. The van der Waals surface area contributed by atoms with Gasteiger partial charge in [0.25, 0.3) is 0 Å². The van der Waals surface area contributed by atoms with E-state index in [0.717, 1.165) is 0 Å². The Morgan fingerprint density at radius 1 is 0.947 bits per heavy atom. The van der Waals surface area contributed by atoms with Crippen LogP contribution in [0.5, 0.6) is 0 Å². The Labute approximate surface area is 119 Å². The number of benzene rings is 1. The molecule has 0 spiro atoms. The normalized spacial score (nSPS) is 12.5. The number of hydrogen-bond acceptors (Lipinski definition) is 1. The lowest BCUT2D eigenvalue weighted by atomic mass is 10.1. The molecule has 1 atom stereocenters. The summed E-state index contributed by atoms with van der Waals surface area (Å²) < 4.78 is 0. The van der Waals surface area contributed by atoms with Crippen LogP contribution in [0.1, 0.15) is 64.4 Å². The molecule has 1 aromatic rings. The Morgan fingerprint density at radius 2 is 1.63 bits per heavy atom.